The van der Waals surface area contributed by atoms with E-state index in [4.69, 9.17) is 5.73 Å². The van der Waals surface area contributed by atoms with Crippen molar-refractivity contribution in [2.75, 3.05) is 18.0 Å². The summed E-state index contributed by atoms with van der Waals surface area (Å²) < 4.78 is 26.2. The molecular formula is C14H20F2N2O. The molecule has 0 aromatic heterocycles. The minimum atomic E-state index is -0.961. The second-order valence-corrected chi connectivity index (χ2v) is 5.45. The average Bonchev–Trinajstić information content (AvgIpc) is 2.32. The lowest BCUT2D eigenvalue weighted by Crippen LogP contribution is -2.40. The first-order chi connectivity index (χ1) is 8.77. The number of hydrogen-bond acceptors (Lipinski definition) is 2. The van der Waals surface area contributed by atoms with Crippen molar-refractivity contribution in [3.63, 3.8) is 0 Å². The van der Waals surface area contributed by atoms with E-state index < -0.39 is 17.0 Å². The molecule has 0 aliphatic heterocycles. The van der Waals surface area contributed by atoms with Gasteiger partial charge in [0.1, 0.15) is 0 Å². The molecule has 1 aromatic rings. The fourth-order valence-electron chi connectivity index (χ4n) is 1.66. The van der Waals surface area contributed by atoms with E-state index in [1.165, 1.54) is 11.0 Å². The lowest BCUT2D eigenvalue weighted by molar-refractivity contribution is -0.125. The Morgan fingerprint density at radius 2 is 1.89 bits per heavy atom. The Kier molecular flexibility index (Phi) is 5.00. The van der Waals surface area contributed by atoms with Crippen LogP contribution in [0.1, 0.15) is 27.2 Å². The molecule has 1 aromatic carbocycles. The molecule has 0 heterocycles. The zero-order chi connectivity index (χ0) is 14.6. The van der Waals surface area contributed by atoms with E-state index in [-0.39, 0.29) is 5.91 Å². The number of carbonyl (C=O) groups excluding carboxylic acids is 1. The Bertz CT molecular complexity index is 455. The van der Waals surface area contributed by atoms with Gasteiger partial charge in [-0.2, -0.15) is 0 Å². The van der Waals surface area contributed by atoms with Crippen LogP contribution < -0.4 is 10.6 Å². The first-order valence-electron chi connectivity index (χ1n) is 6.24. The lowest BCUT2D eigenvalue weighted by Gasteiger charge is -2.29. The van der Waals surface area contributed by atoms with Gasteiger partial charge in [-0.25, -0.2) is 8.78 Å². The van der Waals surface area contributed by atoms with Crippen LogP contribution in [0, 0.1) is 17.0 Å². The van der Waals surface area contributed by atoms with Crippen LogP contribution >= 0.6 is 0 Å². The maximum absolute atomic E-state index is 13.3. The topological polar surface area (TPSA) is 46.3 Å². The minimum absolute atomic E-state index is 0.146. The zero-order valence-electron chi connectivity index (χ0n) is 11.5. The van der Waals surface area contributed by atoms with Crippen LogP contribution in [0.3, 0.4) is 0 Å². The molecule has 0 aliphatic rings. The van der Waals surface area contributed by atoms with Crippen LogP contribution in [0.2, 0.25) is 0 Å². The molecule has 0 saturated carbocycles. The number of halogens is 2. The molecule has 0 saturated heterocycles. The van der Waals surface area contributed by atoms with Gasteiger partial charge in [0, 0.05) is 23.7 Å². The van der Waals surface area contributed by atoms with Gasteiger partial charge in [0.2, 0.25) is 5.91 Å². The fraction of sp³-hybridized carbons (Fsp3) is 0.500. The van der Waals surface area contributed by atoms with Crippen molar-refractivity contribution in [2.24, 2.45) is 11.1 Å². The number of nitrogens with zero attached hydrogens (tertiary/aromatic N) is 1. The predicted octanol–water partition coefficient (Wildman–Crippen LogP) is 2.69. The monoisotopic (exact) mass is 270 g/mol. The van der Waals surface area contributed by atoms with Gasteiger partial charge in [-0.3, -0.25) is 4.79 Å². The lowest BCUT2D eigenvalue weighted by atomic mass is 9.94. The highest BCUT2D eigenvalue weighted by atomic mass is 19.2. The van der Waals surface area contributed by atoms with Crippen LogP contribution in [0.4, 0.5) is 14.5 Å². The molecule has 0 spiro atoms. The molecule has 0 atom stereocenters. The highest BCUT2D eigenvalue weighted by Gasteiger charge is 2.28. The number of benzene rings is 1. The van der Waals surface area contributed by atoms with Crippen molar-refractivity contribution in [1.29, 1.82) is 0 Å². The molecule has 5 heteroatoms. The van der Waals surface area contributed by atoms with E-state index >= 15 is 0 Å². The Labute approximate surface area is 112 Å². The summed E-state index contributed by atoms with van der Waals surface area (Å²) >= 11 is 0. The number of anilines is 1. The molecule has 0 fully saturated rings. The highest BCUT2D eigenvalue weighted by Crippen LogP contribution is 2.24. The van der Waals surface area contributed by atoms with Gasteiger partial charge in [0.15, 0.2) is 11.6 Å². The van der Waals surface area contributed by atoms with Crippen molar-refractivity contribution >= 4 is 11.6 Å². The summed E-state index contributed by atoms with van der Waals surface area (Å²) in [5.41, 5.74) is 5.20. The van der Waals surface area contributed by atoms with E-state index in [0.717, 1.165) is 12.1 Å². The molecule has 0 aliphatic carbocycles. The number of amides is 1. The van der Waals surface area contributed by atoms with Crippen molar-refractivity contribution < 1.29 is 13.6 Å². The third-order valence-corrected chi connectivity index (χ3v) is 2.69. The molecule has 0 unspecified atom stereocenters. The molecule has 0 bridgehead atoms. The Morgan fingerprint density at radius 3 is 2.37 bits per heavy atom. The zero-order valence-corrected chi connectivity index (χ0v) is 11.5. The quantitative estimate of drug-likeness (QED) is 0.914. The van der Waals surface area contributed by atoms with Gasteiger partial charge in [-0.1, -0.05) is 20.8 Å². The van der Waals surface area contributed by atoms with Crippen molar-refractivity contribution in [3.8, 4) is 0 Å². The summed E-state index contributed by atoms with van der Waals surface area (Å²) in [6.07, 6.45) is 0.598. The number of nitrogens with two attached hydrogens (primary N) is 1. The Morgan fingerprint density at radius 1 is 1.26 bits per heavy atom. The molecule has 0 radical (unpaired) electrons. The molecule has 2 N–H and O–H groups in total. The normalized spacial score (nSPS) is 11.5. The second kappa shape index (κ2) is 6.10. The average molecular weight is 270 g/mol. The summed E-state index contributed by atoms with van der Waals surface area (Å²) in [7, 11) is 0. The molecule has 3 nitrogen and oxygen atoms in total. The standard InChI is InChI=1S/C14H20F2N2O/c1-14(2,3)13(19)18(8-4-7-17)10-5-6-11(15)12(16)9-10/h5-6,9H,4,7-8,17H2,1-3H3. The van der Waals surface area contributed by atoms with Crippen molar-refractivity contribution in [1.82, 2.24) is 0 Å². The Balaban J connectivity index is 3.09. The summed E-state index contributed by atoms with van der Waals surface area (Å²) in [6.45, 7) is 6.16. The van der Waals surface area contributed by atoms with Gasteiger partial charge >= 0.3 is 0 Å². The molecule has 1 rings (SSSR count). The largest absolute Gasteiger partial charge is 0.330 e. The van der Waals surface area contributed by atoms with Crippen LogP contribution in [-0.2, 0) is 4.79 Å². The minimum Gasteiger partial charge on any atom is -0.330 e. The van der Waals surface area contributed by atoms with Crippen LogP contribution in [0.15, 0.2) is 18.2 Å². The molecule has 106 valence electrons. The second-order valence-electron chi connectivity index (χ2n) is 5.45. The van der Waals surface area contributed by atoms with E-state index in [1.54, 1.807) is 20.8 Å². The predicted molar refractivity (Wildman–Crippen MR) is 71.8 cm³/mol. The third kappa shape index (κ3) is 3.99. The SMILES string of the molecule is CC(C)(C)C(=O)N(CCCN)c1ccc(F)c(F)c1. The summed E-state index contributed by atoms with van der Waals surface area (Å²) in [6, 6.07) is 3.46. The van der Waals surface area contributed by atoms with Crippen molar-refractivity contribution in [3.05, 3.63) is 29.8 Å². The third-order valence-electron chi connectivity index (χ3n) is 2.69. The molecule has 1 amide bonds. The van der Waals surface area contributed by atoms with Crippen LogP contribution in [0.5, 0.6) is 0 Å². The summed E-state index contributed by atoms with van der Waals surface area (Å²) in [4.78, 5) is 13.8. The maximum atomic E-state index is 13.3. The first-order valence-corrected chi connectivity index (χ1v) is 6.24. The summed E-state index contributed by atoms with van der Waals surface area (Å²) in [5.74, 6) is -2.03. The van der Waals surface area contributed by atoms with Gasteiger partial charge < -0.3 is 10.6 Å². The first kappa shape index (κ1) is 15.6. The van der Waals surface area contributed by atoms with Crippen LogP contribution in [0.25, 0.3) is 0 Å². The number of hydrogen-bond donors (Lipinski definition) is 1. The molecular weight excluding hydrogens is 250 g/mol. The van der Waals surface area contributed by atoms with Crippen LogP contribution in [-0.4, -0.2) is 19.0 Å². The van der Waals surface area contributed by atoms with Crippen molar-refractivity contribution in [2.45, 2.75) is 27.2 Å². The molecule has 19 heavy (non-hydrogen) atoms. The summed E-state index contributed by atoms with van der Waals surface area (Å²) in [5, 5.41) is 0. The van der Waals surface area contributed by atoms with Gasteiger partial charge in [0.05, 0.1) is 0 Å². The fourth-order valence-corrected chi connectivity index (χ4v) is 1.66. The number of rotatable bonds is 4. The van der Waals surface area contributed by atoms with Gasteiger partial charge in [-0.15, -0.1) is 0 Å². The maximum Gasteiger partial charge on any atom is 0.232 e. The van der Waals surface area contributed by atoms with E-state index in [1.807, 2.05) is 0 Å². The van der Waals surface area contributed by atoms with E-state index in [2.05, 4.69) is 0 Å². The Hall–Kier alpha value is -1.49. The van der Waals surface area contributed by atoms with E-state index in [0.29, 0.717) is 25.2 Å². The highest BCUT2D eigenvalue weighted by molar-refractivity contribution is 5.96. The van der Waals surface area contributed by atoms with Gasteiger partial charge in [-0.05, 0) is 25.1 Å². The van der Waals surface area contributed by atoms with E-state index in [9.17, 15) is 13.6 Å². The van der Waals surface area contributed by atoms with Gasteiger partial charge in [0.25, 0.3) is 0 Å². The smallest absolute Gasteiger partial charge is 0.232 e. The number of carbonyl (C=O) groups is 1.